The van der Waals surface area contributed by atoms with E-state index in [-0.39, 0.29) is 5.82 Å². The molecular formula is C17H11F. The minimum absolute atomic E-state index is 0.310. The van der Waals surface area contributed by atoms with Crippen LogP contribution in [0.2, 0.25) is 0 Å². The molecule has 0 unspecified atom stereocenters. The van der Waals surface area contributed by atoms with Crippen LogP contribution in [0.5, 0.6) is 0 Å². The lowest BCUT2D eigenvalue weighted by molar-refractivity contribution is 0.627. The maximum absolute atomic E-state index is 12.8. The van der Waals surface area contributed by atoms with E-state index in [1.165, 1.54) is 28.5 Å². The molecule has 86 valence electrons. The summed E-state index contributed by atoms with van der Waals surface area (Å²) in [6.45, 7) is 2.07. The Morgan fingerprint density at radius 3 is 2.39 bits per heavy atom. The van der Waals surface area contributed by atoms with E-state index < -0.39 is 0 Å². The molecule has 0 spiro atoms. The zero-order valence-corrected chi connectivity index (χ0v) is 10.00. The number of aryl methyl sites for hydroxylation is 1. The molecule has 2 radical (unpaired) electrons. The number of fused-ring (bicyclic) bond motifs is 1. The van der Waals surface area contributed by atoms with Gasteiger partial charge in [-0.1, -0.05) is 35.9 Å². The predicted octanol–water partition coefficient (Wildman–Crippen LogP) is 4.55. The summed E-state index contributed by atoms with van der Waals surface area (Å²) in [7, 11) is 0. The highest BCUT2D eigenvalue weighted by molar-refractivity contribution is 5.87. The van der Waals surface area contributed by atoms with E-state index >= 15 is 0 Å². The summed E-state index contributed by atoms with van der Waals surface area (Å²) < 4.78 is 12.8. The summed E-state index contributed by atoms with van der Waals surface area (Å²) in [6, 6.07) is 21.0. The Morgan fingerprint density at radius 1 is 0.889 bits per heavy atom. The van der Waals surface area contributed by atoms with E-state index in [2.05, 4.69) is 49.4 Å². The third-order valence-electron chi connectivity index (χ3n) is 2.99. The maximum atomic E-state index is 12.8. The average molecular weight is 234 g/mol. The van der Waals surface area contributed by atoms with Gasteiger partial charge in [0, 0.05) is 0 Å². The van der Waals surface area contributed by atoms with Crippen molar-refractivity contribution in [3.63, 3.8) is 0 Å². The van der Waals surface area contributed by atoms with Crippen LogP contribution in [0.3, 0.4) is 0 Å². The zero-order chi connectivity index (χ0) is 12.5. The van der Waals surface area contributed by atoms with Crippen LogP contribution >= 0.6 is 0 Å². The maximum Gasteiger partial charge on any atom is 0.124 e. The molecule has 0 fully saturated rings. The molecular weight excluding hydrogens is 223 g/mol. The van der Waals surface area contributed by atoms with Gasteiger partial charge in [0.1, 0.15) is 5.82 Å². The Bertz CT molecular complexity index is 696. The summed E-state index contributed by atoms with van der Waals surface area (Å²) in [5, 5.41) is 2.38. The number of rotatable bonds is 1. The summed E-state index contributed by atoms with van der Waals surface area (Å²) in [5.41, 5.74) is 3.03. The number of hydrogen-bond acceptors (Lipinski definition) is 0. The molecule has 3 rings (SSSR count). The second-order valence-electron chi connectivity index (χ2n) is 4.40. The van der Waals surface area contributed by atoms with Gasteiger partial charge < -0.3 is 0 Å². The van der Waals surface area contributed by atoms with Crippen LogP contribution in [0.15, 0.2) is 48.5 Å². The van der Waals surface area contributed by atoms with E-state index in [0.717, 1.165) is 11.1 Å². The second-order valence-corrected chi connectivity index (χ2v) is 4.40. The zero-order valence-electron chi connectivity index (χ0n) is 10.00. The fourth-order valence-corrected chi connectivity index (χ4v) is 2.05. The fraction of sp³-hybridized carbons (Fsp3) is 0.0588. The van der Waals surface area contributed by atoms with Gasteiger partial charge in [0.15, 0.2) is 0 Å². The Balaban J connectivity index is 2.15. The third-order valence-corrected chi connectivity index (χ3v) is 2.99. The Morgan fingerprint density at radius 2 is 1.61 bits per heavy atom. The normalized spacial score (nSPS) is 10.8. The molecule has 0 bridgehead atoms. The number of halogens is 1. The highest BCUT2D eigenvalue weighted by Crippen LogP contribution is 2.24. The van der Waals surface area contributed by atoms with Crippen molar-refractivity contribution in [2.75, 3.05) is 0 Å². The van der Waals surface area contributed by atoms with Crippen molar-refractivity contribution in [3.8, 4) is 11.1 Å². The van der Waals surface area contributed by atoms with Crippen LogP contribution in [0.4, 0.5) is 4.39 Å². The molecule has 0 saturated carbocycles. The molecule has 0 aromatic heterocycles. The van der Waals surface area contributed by atoms with Crippen molar-refractivity contribution in [1.82, 2.24) is 0 Å². The van der Waals surface area contributed by atoms with Gasteiger partial charge in [-0.05, 0) is 59.2 Å². The molecule has 3 aromatic rings. The first-order valence-electron chi connectivity index (χ1n) is 5.82. The molecule has 0 aliphatic carbocycles. The molecule has 0 nitrogen and oxygen atoms in total. The van der Waals surface area contributed by atoms with E-state index in [1.54, 1.807) is 0 Å². The molecule has 1 heteroatoms. The molecule has 0 amide bonds. The molecule has 0 aliphatic rings. The smallest absolute Gasteiger partial charge is 0.124 e. The van der Waals surface area contributed by atoms with Gasteiger partial charge in [-0.25, -0.2) is 4.39 Å². The SMILES string of the molecule is Cc1ccc2ccc(-c3[c]cc(F)c[c]3)cc2c1. The fourth-order valence-electron chi connectivity index (χ4n) is 2.05. The number of hydrogen-bond donors (Lipinski definition) is 0. The molecule has 18 heavy (non-hydrogen) atoms. The van der Waals surface area contributed by atoms with Crippen LogP contribution in [-0.4, -0.2) is 0 Å². The first kappa shape index (κ1) is 11.0. The Kier molecular flexibility index (Phi) is 2.60. The summed E-state index contributed by atoms with van der Waals surface area (Å²) in [5.74, 6) is -0.310. The monoisotopic (exact) mass is 234 g/mol. The van der Waals surface area contributed by atoms with Crippen molar-refractivity contribution in [1.29, 1.82) is 0 Å². The molecule has 0 atom stereocenters. The molecule has 0 saturated heterocycles. The van der Waals surface area contributed by atoms with E-state index in [0.29, 0.717) is 0 Å². The summed E-state index contributed by atoms with van der Waals surface area (Å²) >= 11 is 0. The van der Waals surface area contributed by atoms with Gasteiger partial charge in [-0.3, -0.25) is 0 Å². The van der Waals surface area contributed by atoms with E-state index in [9.17, 15) is 4.39 Å². The summed E-state index contributed by atoms with van der Waals surface area (Å²) in [6.07, 6.45) is 0. The van der Waals surface area contributed by atoms with Gasteiger partial charge >= 0.3 is 0 Å². The van der Waals surface area contributed by atoms with Crippen LogP contribution in [0, 0.1) is 24.9 Å². The van der Waals surface area contributed by atoms with Gasteiger partial charge in [-0.15, -0.1) is 0 Å². The molecule has 3 aromatic carbocycles. The highest BCUT2D eigenvalue weighted by atomic mass is 19.1. The average Bonchev–Trinajstić information content (AvgIpc) is 2.38. The van der Waals surface area contributed by atoms with E-state index in [1.807, 2.05) is 6.07 Å². The van der Waals surface area contributed by atoms with Crippen molar-refractivity contribution in [3.05, 3.63) is 72.0 Å². The van der Waals surface area contributed by atoms with Crippen LogP contribution in [-0.2, 0) is 0 Å². The standard InChI is InChI=1S/C17H11F/c1-12-2-3-14-4-5-15(11-16(14)10-12)13-6-8-17(18)9-7-13/h2-5,8-11H,1H3. The predicted molar refractivity (Wildman–Crippen MR) is 71.8 cm³/mol. The van der Waals surface area contributed by atoms with Crippen LogP contribution in [0.1, 0.15) is 5.56 Å². The largest absolute Gasteiger partial charge is 0.207 e. The van der Waals surface area contributed by atoms with Crippen LogP contribution < -0.4 is 0 Å². The molecule has 0 N–H and O–H groups in total. The quantitative estimate of drug-likeness (QED) is 0.579. The minimum atomic E-state index is -0.310. The second kappa shape index (κ2) is 4.26. The lowest BCUT2D eigenvalue weighted by Gasteiger charge is -2.04. The Hall–Kier alpha value is -2.15. The Labute approximate surface area is 106 Å². The van der Waals surface area contributed by atoms with Gasteiger partial charge in [0.05, 0.1) is 0 Å². The first-order valence-corrected chi connectivity index (χ1v) is 5.82. The lowest BCUT2D eigenvalue weighted by Crippen LogP contribution is -1.82. The third kappa shape index (κ3) is 2.00. The first-order chi connectivity index (χ1) is 8.72. The van der Waals surface area contributed by atoms with Crippen molar-refractivity contribution >= 4 is 10.8 Å². The van der Waals surface area contributed by atoms with Gasteiger partial charge in [0.25, 0.3) is 0 Å². The van der Waals surface area contributed by atoms with Gasteiger partial charge in [-0.2, -0.15) is 0 Å². The summed E-state index contributed by atoms with van der Waals surface area (Å²) in [4.78, 5) is 0. The van der Waals surface area contributed by atoms with Crippen molar-refractivity contribution in [2.24, 2.45) is 0 Å². The van der Waals surface area contributed by atoms with Gasteiger partial charge in [0.2, 0.25) is 0 Å². The molecule has 0 aliphatic heterocycles. The number of benzene rings is 3. The lowest BCUT2D eigenvalue weighted by atomic mass is 10.0. The van der Waals surface area contributed by atoms with Crippen LogP contribution in [0.25, 0.3) is 21.9 Å². The topological polar surface area (TPSA) is 0 Å². The minimum Gasteiger partial charge on any atom is -0.207 e. The van der Waals surface area contributed by atoms with Crippen molar-refractivity contribution in [2.45, 2.75) is 6.92 Å². The van der Waals surface area contributed by atoms with E-state index in [4.69, 9.17) is 0 Å². The highest BCUT2D eigenvalue weighted by Gasteiger charge is 2.01. The molecule has 0 heterocycles. The van der Waals surface area contributed by atoms with Crippen molar-refractivity contribution < 1.29 is 4.39 Å².